The molecule has 0 bridgehead atoms. The van der Waals surface area contributed by atoms with Crippen LogP contribution in [0.1, 0.15) is 11.1 Å². The number of amides is 1. The van der Waals surface area contributed by atoms with Gasteiger partial charge in [0.05, 0.1) is 18.7 Å². The molecule has 1 amide bonds. The number of para-hydroxylation sites is 1. The van der Waals surface area contributed by atoms with Crippen LogP contribution in [0.15, 0.2) is 60.8 Å². The quantitative estimate of drug-likeness (QED) is 0.731. The van der Waals surface area contributed by atoms with Gasteiger partial charge in [0.25, 0.3) is 0 Å². The van der Waals surface area contributed by atoms with Crippen molar-refractivity contribution in [3.63, 3.8) is 0 Å². The van der Waals surface area contributed by atoms with Crippen LogP contribution in [0.5, 0.6) is 0 Å². The molecule has 1 aromatic heterocycles. The van der Waals surface area contributed by atoms with Crippen LogP contribution in [0, 0.1) is 0 Å². The molecule has 2 N–H and O–H groups in total. The molecular formula is C19H20N2O3. The lowest BCUT2D eigenvalue weighted by Crippen LogP contribution is -2.33. The van der Waals surface area contributed by atoms with Crippen LogP contribution >= 0.6 is 0 Å². The van der Waals surface area contributed by atoms with Crippen molar-refractivity contribution in [2.75, 3.05) is 13.2 Å². The van der Waals surface area contributed by atoms with Crippen LogP contribution in [-0.4, -0.2) is 34.2 Å². The zero-order valence-corrected chi connectivity index (χ0v) is 13.3. The molecule has 0 saturated carbocycles. The molecule has 0 aliphatic rings. The van der Waals surface area contributed by atoms with E-state index in [4.69, 9.17) is 4.74 Å². The Balaban J connectivity index is 1.69. The van der Waals surface area contributed by atoms with E-state index in [9.17, 15) is 9.90 Å². The molecular weight excluding hydrogens is 304 g/mol. The Kier molecular flexibility index (Phi) is 5.13. The van der Waals surface area contributed by atoms with Crippen molar-refractivity contribution in [3.8, 4) is 0 Å². The summed E-state index contributed by atoms with van der Waals surface area (Å²) in [6.45, 7) is 0.714. The predicted octanol–water partition coefficient (Wildman–Crippen LogP) is 3.30. The maximum Gasteiger partial charge on any atom is 0.410 e. The van der Waals surface area contributed by atoms with Crippen LogP contribution < -0.4 is 0 Å². The zero-order chi connectivity index (χ0) is 16.8. The molecule has 3 rings (SSSR count). The van der Waals surface area contributed by atoms with Crippen molar-refractivity contribution in [2.24, 2.45) is 0 Å². The van der Waals surface area contributed by atoms with E-state index in [1.807, 2.05) is 60.8 Å². The van der Waals surface area contributed by atoms with Gasteiger partial charge in [-0.1, -0.05) is 48.5 Å². The topological polar surface area (TPSA) is 65.6 Å². The third-order valence-electron chi connectivity index (χ3n) is 3.87. The normalized spacial score (nSPS) is 10.7. The highest BCUT2D eigenvalue weighted by Crippen LogP contribution is 2.19. The van der Waals surface area contributed by atoms with Crippen LogP contribution in [0.25, 0.3) is 10.9 Å². The van der Waals surface area contributed by atoms with Crippen molar-refractivity contribution in [1.29, 1.82) is 0 Å². The van der Waals surface area contributed by atoms with Crippen molar-refractivity contribution < 1.29 is 14.6 Å². The van der Waals surface area contributed by atoms with Gasteiger partial charge in [-0.25, -0.2) is 4.79 Å². The maximum absolute atomic E-state index is 12.4. The molecule has 24 heavy (non-hydrogen) atoms. The minimum Gasteiger partial charge on any atom is -0.445 e. The Morgan fingerprint density at radius 3 is 2.71 bits per heavy atom. The largest absolute Gasteiger partial charge is 0.445 e. The number of carbonyl (C=O) groups excluding carboxylic acids is 1. The Bertz CT molecular complexity index is 798. The van der Waals surface area contributed by atoms with Gasteiger partial charge in [0.2, 0.25) is 0 Å². The van der Waals surface area contributed by atoms with Gasteiger partial charge in [-0.05, 0) is 22.6 Å². The zero-order valence-electron chi connectivity index (χ0n) is 13.3. The number of ether oxygens (including phenoxy) is 1. The van der Waals surface area contributed by atoms with E-state index in [-0.39, 0.29) is 19.8 Å². The molecule has 0 aliphatic heterocycles. The molecule has 0 spiro atoms. The molecule has 0 fully saturated rings. The molecule has 1 heterocycles. The lowest BCUT2D eigenvalue weighted by atomic mass is 10.1. The van der Waals surface area contributed by atoms with Gasteiger partial charge in [0.15, 0.2) is 0 Å². The van der Waals surface area contributed by atoms with Crippen molar-refractivity contribution >= 4 is 17.0 Å². The van der Waals surface area contributed by atoms with Crippen molar-refractivity contribution in [1.82, 2.24) is 9.88 Å². The van der Waals surface area contributed by atoms with E-state index in [1.165, 1.54) is 4.90 Å². The van der Waals surface area contributed by atoms with E-state index >= 15 is 0 Å². The second-order valence-corrected chi connectivity index (χ2v) is 5.54. The third kappa shape index (κ3) is 3.75. The minimum absolute atomic E-state index is 0.110. The Morgan fingerprint density at radius 2 is 1.92 bits per heavy atom. The molecule has 124 valence electrons. The number of aromatic amines is 1. The highest BCUT2D eigenvalue weighted by molar-refractivity contribution is 5.82. The summed E-state index contributed by atoms with van der Waals surface area (Å²) in [6, 6.07) is 17.5. The van der Waals surface area contributed by atoms with E-state index < -0.39 is 6.09 Å². The lowest BCUT2D eigenvalue weighted by Gasteiger charge is -2.21. The average Bonchev–Trinajstić information content (AvgIpc) is 3.10. The van der Waals surface area contributed by atoms with Crippen LogP contribution in [0.3, 0.4) is 0 Å². The maximum atomic E-state index is 12.4. The summed E-state index contributed by atoms with van der Waals surface area (Å²) in [7, 11) is 0. The second kappa shape index (κ2) is 7.66. The minimum atomic E-state index is -0.434. The van der Waals surface area contributed by atoms with Crippen LogP contribution in [0.4, 0.5) is 4.79 Å². The lowest BCUT2D eigenvalue weighted by molar-refractivity contribution is 0.0860. The first kappa shape index (κ1) is 16.1. The molecule has 0 atom stereocenters. The van der Waals surface area contributed by atoms with Gasteiger partial charge in [-0.2, -0.15) is 0 Å². The Labute approximate surface area is 140 Å². The smallest absolute Gasteiger partial charge is 0.410 e. The molecule has 3 aromatic rings. The molecule has 0 radical (unpaired) electrons. The molecule has 5 heteroatoms. The number of fused-ring (bicyclic) bond motifs is 1. The second-order valence-electron chi connectivity index (χ2n) is 5.54. The molecule has 5 nitrogen and oxygen atoms in total. The molecule has 2 aromatic carbocycles. The van der Waals surface area contributed by atoms with Crippen LogP contribution in [-0.2, 0) is 17.9 Å². The van der Waals surface area contributed by atoms with E-state index in [1.54, 1.807) is 0 Å². The number of nitrogens with zero attached hydrogens (tertiary/aromatic N) is 1. The summed E-state index contributed by atoms with van der Waals surface area (Å²) in [6.07, 6.45) is 1.44. The number of benzene rings is 2. The van der Waals surface area contributed by atoms with Crippen molar-refractivity contribution in [2.45, 2.75) is 13.2 Å². The Hall–Kier alpha value is -2.79. The number of aliphatic hydroxyl groups is 1. The van der Waals surface area contributed by atoms with Gasteiger partial charge in [0, 0.05) is 12.7 Å². The SMILES string of the molecule is O=C(OCc1ccccc1)N(CCO)Cc1cccc2cc[nH]c12. The van der Waals surface area contributed by atoms with Gasteiger partial charge in [-0.15, -0.1) is 0 Å². The first-order valence-corrected chi connectivity index (χ1v) is 7.89. The fourth-order valence-corrected chi connectivity index (χ4v) is 2.65. The standard InChI is InChI=1S/C19H20N2O3/c22-12-11-21(19(23)24-14-15-5-2-1-3-6-15)13-17-8-4-7-16-9-10-20-18(16)17/h1-10,20,22H,11-14H2. The van der Waals surface area contributed by atoms with Gasteiger partial charge < -0.3 is 19.7 Å². The Morgan fingerprint density at radius 1 is 1.08 bits per heavy atom. The average molecular weight is 324 g/mol. The number of carbonyl (C=O) groups is 1. The fraction of sp³-hybridized carbons (Fsp3) is 0.211. The summed E-state index contributed by atoms with van der Waals surface area (Å²) in [5.74, 6) is 0. The number of H-pyrrole nitrogens is 1. The summed E-state index contributed by atoms with van der Waals surface area (Å²) in [4.78, 5) is 17.1. The summed E-state index contributed by atoms with van der Waals surface area (Å²) >= 11 is 0. The summed E-state index contributed by atoms with van der Waals surface area (Å²) in [5, 5.41) is 10.4. The van der Waals surface area contributed by atoms with Crippen molar-refractivity contribution in [3.05, 3.63) is 71.9 Å². The summed E-state index contributed by atoms with van der Waals surface area (Å²) in [5.41, 5.74) is 2.92. The molecule has 0 aliphatic carbocycles. The monoisotopic (exact) mass is 324 g/mol. The molecule has 0 saturated heterocycles. The number of aliphatic hydroxyl groups excluding tert-OH is 1. The molecule has 0 unspecified atom stereocenters. The number of aromatic nitrogens is 1. The van der Waals surface area contributed by atoms with Gasteiger partial charge in [-0.3, -0.25) is 0 Å². The predicted molar refractivity (Wildman–Crippen MR) is 92.4 cm³/mol. The van der Waals surface area contributed by atoms with Gasteiger partial charge in [0.1, 0.15) is 6.61 Å². The first-order chi connectivity index (χ1) is 11.8. The third-order valence-corrected chi connectivity index (χ3v) is 3.87. The van der Waals surface area contributed by atoms with E-state index in [2.05, 4.69) is 4.98 Å². The fourth-order valence-electron chi connectivity index (χ4n) is 2.65. The van der Waals surface area contributed by atoms with Gasteiger partial charge >= 0.3 is 6.09 Å². The number of hydrogen-bond donors (Lipinski definition) is 2. The highest BCUT2D eigenvalue weighted by atomic mass is 16.6. The van der Waals surface area contributed by atoms with E-state index in [0.717, 1.165) is 22.0 Å². The highest BCUT2D eigenvalue weighted by Gasteiger charge is 2.16. The van der Waals surface area contributed by atoms with E-state index in [0.29, 0.717) is 6.54 Å². The summed E-state index contributed by atoms with van der Waals surface area (Å²) < 4.78 is 5.37. The number of rotatable bonds is 6. The number of nitrogens with one attached hydrogen (secondary N) is 1. The first-order valence-electron chi connectivity index (χ1n) is 7.89. The van der Waals surface area contributed by atoms with Crippen LogP contribution in [0.2, 0.25) is 0 Å². The number of hydrogen-bond acceptors (Lipinski definition) is 3.